The molecule has 0 aliphatic carbocycles. The Bertz CT molecular complexity index is 413. The Kier molecular flexibility index (Phi) is 4.59. The lowest BCUT2D eigenvalue weighted by Crippen LogP contribution is -2.38. The Morgan fingerprint density at radius 1 is 1.41 bits per heavy atom. The highest BCUT2D eigenvalue weighted by Crippen LogP contribution is 2.32. The summed E-state index contributed by atoms with van der Waals surface area (Å²) in [7, 11) is 0. The molecule has 0 spiro atoms. The Morgan fingerprint density at radius 2 is 2.06 bits per heavy atom. The predicted octanol–water partition coefficient (Wildman–Crippen LogP) is 4.15. The highest BCUT2D eigenvalue weighted by molar-refractivity contribution is 7.20. The molecule has 2 rings (SSSR count). The molecular weight excluding hydrogens is 301 g/mol. The molecule has 17 heavy (non-hydrogen) atoms. The molecule has 94 valence electrons. The summed E-state index contributed by atoms with van der Waals surface area (Å²) in [6, 6.07) is 1.64. The third-order valence-corrected chi connectivity index (χ3v) is 4.93. The summed E-state index contributed by atoms with van der Waals surface area (Å²) >= 11 is 18.9. The van der Waals surface area contributed by atoms with Gasteiger partial charge in [0.15, 0.2) is 0 Å². The second-order valence-electron chi connectivity index (χ2n) is 4.13. The maximum absolute atomic E-state index is 12.2. The third kappa shape index (κ3) is 3.08. The molecule has 1 aliphatic rings. The SMILES string of the molecule is O=C(c1cc(Cl)sc1Cl)N1CCC(CCl)CC1. The highest BCUT2D eigenvalue weighted by atomic mass is 35.5. The van der Waals surface area contributed by atoms with Gasteiger partial charge < -0.3 is 4.90 Å². The number of carbonyl (C=O) groups excluding carboxylic acids is 1. The number of nitrogens with zero attached hydrogens (tertiary/aromatic N) is 1. The lowest BCUT2D eigenvalue weighted by molar-refractivity contribution is 0.0699. The summed E-state index contributed by atoms with van der Waals surface area (Å²) in [4.78, 5) is 14.0. The van der Waals surface area contributed by atoms with Crippen LogP contribution in [-0.2, 0) is 0 Å². The van der Waals surface area contributed by atoms with Crippen LogP contribution in [0.1, 0.15) is 23.2 Å². The summed E-state index contributed by atoms with van der Waals surface area (Å²) in [5.41, 5.74) is 0.519. The molecule has 0 saturated carbocycles. The van der Waals surface area contributed by atoms with Gasteiger partial charge >= 0.3 is 0 Å². The van der Waals surface area contributed by atoms with Gasteiger partial charge in [0, 0.05) is 19.0 Å². The third-order valence-electron chi connectivity index (χ3n) is 3.01. The second-order valence-corrected chi connectivity index (χ2v) is 6.72. The minimum atomic E-state index is -0.0221. The van der Waals surface area contributed by atoms with E-state index in [0.717, 1.165) is 25.9 Å². The first kappa shape index (κ1) is 13.5. The number of likely N-dealkylation sites (tertiary alicyclic amines) is 1. The van der Waals surface area contributed by atoms with Crippen LogP contribution in [0, 0.1) is 5.92 Å². The zero-order chi connectivity index (χ0) is 12.4. The predicted molar refractivity (Wildman–Crippen MR) is 73.7 cm³/mol. The quantitative estimate of drug-likeness (QED) is 0.751. The smallest absolute Gasteiger partial charge is 0.256 e. The lowest BCUT2D eigenvalue weighted by atomic mass is 9.98. The summed E-state index contributed by atoms with van der Waals surface area (Å²) in [6.07, 6.45) is 1.93. The maximum atomic E-state index is 12.2. The van der Waals surface area contributed by atoms with Crippen LogP contribution >= 0.6 is 46.1 Å². The van der Waals surface area contributed by atoms with Crippen LogP contribution in [0.15, 0.2) is 6.07 Å². The van der Waals surface area contributed by atoms with Crippen molar-refractivity contribution in [2.45, 2.75) is 12.8 Å². The molecule has 0 aromatic carbocycles. The number of carbonyl (C=O) groups is 1. The molecule has 2 heterocycles. The molecule has 1 aromatic heterocycles. The number of alkyl halides is 1. The van der Waals surface area contributed by atoms with E-state index in [0.29, 0.717) is 26.0 Å². The Labute approximate surface area is 119 Å². The zero-order valence-corrected chi connectivity index (χ0v) is 12.2. The number of amides is 1. The fourth-order valence-corrected chi connectivity index (χ4v) is 3.70. The monoisotopic (exact) mass is 311 g/mol. The van der Waals surface area contributed by atoms with Crippen LogP contribution < -0.4 is 0 Å². The van der Waals surface area contributed by atoms with Crippen LogP contribution in [-0.4, -0.2) is 29.8 Å². The largest absolute Gasteiger partial charge is 0.339 e. The van der Waals surface area contributed by atoms with Gasteiger partial charge in [-0.25, -0.2) is 0 Å². The van der Waals surface area contributed by atoms with E-state index in [9.17, 15) is 4.79 Å². The van der Waals surface area contributed by atoms with Gasteiger partial charge in [0.25, 0.3) is 5.91 Å². The Morgan fingerprint density at radius 3 is 2.53 bits per heavy atom. The number of hydrogen-bond donors (Lipinski definition) is 0. The van der Waals surface area contributed by atoms with Crippen LogP contribution in [0.5, 0.6) is 0 Å². The number of hydrogen-bond acceptors (Lipinski definition) is 2. The van der Waals surface area contributed by atoms with E-state index in [1.54, 1.807) is 6.07 Å². The molecule has 0 unspecified atom stereocenters. The molecule has 1 fully saturated rings. The van der Waals surface area contributed by atoms with E-state index in [-0.39, 0.29) is 5.91 Å². The van der Waals surface area contributed by atoms with Crippen molar-refractivity contribution < 1.29 is 4.79 Å². The number of halogens is 3. The molecule has 0 bridgehead atoms. The molecule has 1 amide bonds. The fraction of sp³-hybridized carbons (Fsp3) is 0.545. The molecule has 6 heteroatoms. The van der Waals surface area contributed by atoms with E-state index in [1.807, 2.05) is 4.90 Å². The van der Waals surface area contributed by atoms with E-state index < -0.39 is 0 Å². The van der Waals surface area contributed by atoms with Crippen LogP contribution in [0.2, 0.25) is 8.67 Å². The van der Waals surface area contributed by atoms with Gasteiger partial charge in [-0.05, 0) is 24.8 Å². The summed E-state index contributed by atoms with van der Waals surface area (Å²) in [5.74, 6) is 1.18. The fourth-order valence-electron chi connectivity index (χ4n) is 1.95. The molecule has 1 aromatic rings. The van der Waals surface area contributed by atoms with Gasteiger partial charge in [0.05, 0.1) is 9.90 Å². The van der Waals surface area contributed by atoms with E-state index >= 15 is 0 Å². The highest BCUT2D eigenvalue weighted by Gasteiger charge is 2.25. The number of thiophene rings is 1. The Balaban J connectivity index is 2.04. The second kappa shape index (κ2) is 5.79. The average Bonchev–Trinajstić information content (AvgIpc) is 2.68. The van der Waals surface area contributed by atoms with Crippen molar-refractivity contribution in [3.63, 3.8) is 0 Å². The normalized spacial score (nSPS) is 17.5. The summed E-state index contributed by atoms with van der Waals surface area (Å²) < 4.78 is 1.02. The minimum absolute atomic E-state index is 0.0221. The molecule has 1 saturated heterocycles. The minimum Gasteiger partial charge on any atom is -0.339 e. The van der Waals surface area contributed by atoms with Gasteiger partial charge in [-0.3, -0.25) is 4.79 Å². The average molecular weight is 313 g/mol. The number of rotatable bonds is 2. The molecule has 2 nitrogen and oxygen atoms in total. The van der Waals surface area contributed by atoms with Crippen molar-refractivity contribution in [2.75, 3.05) is 19.0 Å². The number of piperidine rings is 1. The van der Waals surface area contributed by atoms with Gasteiger partial charge in [0.1, 0.15) is 4.34 Å². The summed E-state index contributed by atoms with van der Waals surface area (Å²) in [5, 5.41) is 0. The van der Waals surface area contributed by atoms with Crippen molar-refractivity contribution in [1.29, 1.82) is 0 Å². The zero-order valence-electron chi connectivity index (χ0n) is 9.09. The van der Waals surface area contributed by atoms with Crippen LogP contribution in [0.4, 0.5) is 0 Å². The van der Waals surface area contributed by atoms with Crippen LogP contribution in [0.25, 0.3) is 0 Å². The van der Waals surface area contributed by atoms with Crippen molar-refractivity contribution in [3.05, 3.63) is 20.3 Å². The molecule has 0 radical (unpaired) electrons. The van der Waals surface area contributed by atoms with E-state index in [2.05, 4.69) is 0 Å². The summed E-state index contributed by atoms with van der Waals surface area (Å²) in [6.45, 7) is 1.50. The first-order chi connectivity index (χ1) is 8.11. The van der Waals surface area contributed by atoms with Gasteiger partial charge in [0.2, 0.25) is 0 Å². The van der Waals surface area contributed by atoms with Crippen LogP contribution in [0.3, 0.4) is 0 Å². The van der Waals surface area contributed by atoms with Crippen molar-refractivity contribution >= 4 is 52.0 Å². The van der Waals surface area contributed by atoms with E-state index in [1.165, 1.54) is 11.3 Å². The molecular formula is C11H12Cl3NOS. The molecule has 1 aliphatic heterocycles. The van der Waals surface area contributed by atoms with Crippen molar-refractivity contribution in [3.8, 4) is 0 Å². The first-order valence-corrected chi connectivity index (χ1v) is 7.52. The first-order valence-electron chi connectivity index (χ1n) is 5.42. The maximum Gasteiger partial charge on any atom is 0.256 e. The topological polar surface area (TPSA) is 20.3 Å². The molecule has 0 N–H and O–H groups in total. The molecule has 0 atom stereocenters. The van der Waals surface area contributed by atoms with Crippen molar-refractivity contribution in [2.24, 2.45) is 5.92 Å². The van der Waals surface area contributed by atoms with E-state index in [4.69, 9.17) is 34.8 Å². The van der Waals surface area contributed by atoms with Gasteiger partial charge in [-0.1, -0.05) is 23.2 Å². The lowest BCUT2D eigenvalue weighted by Gasteiger charge is -2.31. The Hall–Kier alpha value is 0.0400. The van der Waals surface area contributed by atoms with Gasteiger partial charge in [-0.15, -0.1) is 22.9 Å². The standard InChI is InChI=1S/C11H12Cl3NOS/c12-6-7-1-3-15(4-2-7)11(16)8-5-9(13)17-10(8)14/h5,7H,1-4,6H2. The van der Waals surface area contributed by atoms with Gasteiger partial charge in [-0.2, -0.15) is 0 Å². The van der Waals surface area contributed by atoms with Crippen molar-refractivity contribution in [1.82, 2.24) is 4.90 Å².